The molecule has 3 nitrogen and oxygen atoms in total. The Balaban J connectivity index is 2.25. The van der Waals surface area contributed by atoms with Gasteiger partial charge in [-0.1, -0.05) is 19.9 Å². The molecular formula is C17H24F3N3. The molecule has 23 heavy (non-hydrogen) atoms. The molecule has 0 aliphatic heterocycles. The lowest BCUT2D eigenvalue weighted by Crippen LogP contribution is -2.32. The molecule has 1 aromatic heterocycles. The van der Waals surface area contributed by atoms with Gasteiger partial charge in [-0.2, -0.15) is 18.3 Å². The third kappa shape index (κ3) is 4.05. The molecule has 1 heterocycles. The zero-order valence-electron chi connectivity index (χ0n) is 14.0. The van der Waals surface area contributed by atoms with Crippen molar-refractivity contribution >= 4 is 5.70 Å². The van der Waals surface area contributed by atoms with Crippen LogP contribution >= 0.6 is 0 Å². The molecule has 0 saturated heterocycles. The van der Waals surface area contributed by atoms with Crippen LogP contribution in [-0.4, -0.2) is 15.8 Å². The smallest absolute Gasteiger partial charge is 0.327 e. The molecule has 6 heteroatoms. The lowest BCUT2D eigenvalue weighted by atomic mass is 9.82. The van der Waals surface area contributed by atoms with Crippen molar-refractivity contribution in [2.45, 2.75) is 52.8 Å². The quantitative estimate of drug-likeness (QED) is 0.886. The minimum atomic E-state index is -4.37. The highest BCUT2D eigenvalue weighted by molar-refractivity contribution is 5.68. The van der Waals surface area contributed by atoms with E-state index in [2.05, 4.69) is 25.0 Å². The average molecular weight is 327 g/mol. The van der Waals surface area contributed by atoms with Crippen LogP contribution in [0.25, 0.3) is 5.70 Å². The Hall–Kier alpha value is -1.56. The van der Waals surface area contributed by atoms with Gasteiger partial charge in [-0.3, -0.25) is 0 Å². The Morgan fingerprint density at radius 2 is 2.00 bits per heavy atom. The van der Waals surface area contributed by atoms with E-state index in [9.17, 15) is 13.2 Å². The first kappa shape index (κ1) is 17.8. The number of hydrogen-bond donors (Lipinski definition) is 1. The van der Waals surface area contributed by atoms with Crippen LogP contribution < -0.4 is 5.73 Å². The minimum absolute atomic E-state index is 0.0600. The molecule has 128 valence electrons. The molecule has 0 spiro atoms. The fourth-order valence-electron chi connectivity index (χ4n) is 3.21. The molecule has 2 N–H and O–H groups in total. The van der Waals surface area contributed by atoms with E-state index >= 15 is 0 Å². The summed E-state index contributed by atoms with van der Waals surface area (Å²) in [5.41, 5.74) is 8.24. The molecule has 0 amide bonds. The first-order valence-electron chi connectivity index (χ1n) is 7.86. The summed E-state index contributed by atoms with van der Waals surface area (Å²) in [6, 6.07) is 0.0600. The molecule has 1 aromatic rings. The summed E-state index contributed by atoms with van der Waals surface area (Å²) in [4.78, 5) is 0. The maximum Gasteiger partial charge on any atom is 0.419 e. The van der Waals surface area contributed by atoms with Crippen molar-refractivity contribution in [2.24, 2.45) is 17.6 Å². The highest BCUT2D eigenvalue weighted by Gasteiger charge is 2.33. The Kier molecular flexibility index (Phi) is 5.04. The van der Waals surface area contributed by atoms with Gasteiger partial charge in [-0.25, -0.2) is 4.68 Å². The van der Waals surface area contributed by atoms with E-state index in [1.807, 2.05) is 13.8 Å². The monoisotopic (exact) mass is 327 g/mol. The van der Waals surface area contributed by atoms with Gasteiger partial charge in [0, 0.05) is 12.2 Å². The van der Waals surface area contributed by atoms with E-state index in [1.54, 1.807) is 0 Å². The second-order valence-corrected chi connectivity index (χ2v) is 6.81. The fourth-order valence-corrected chi connectivity index (χ4v) is 3.21. The van der Waals surface area contributed by atoms with Crippen molar-refractivity contribution in [2.75, 3.05) is 0 Å². The van der Waals surface area contributed by atoms with Crippen LogP contribution in [0.2, 0.25) is 0 Å². The van der Waals surface area contributed by atoms with Crippen molar-refractivity contribution in [1.29, 1.82) is 0 Å². The number of nitrogens with two attached hydrogens (primary N) is 1. The molecule has 0 saturated carbocycles. The number of allylic oxidation sites excluding steroid dienone is 3. The second-order valence-electron chi connectivity index (χ2n) is 6.81. The summed E-state index contributed by atoms with van der Waals surface area (Å²) in [5, 5.41) is 3.89. The SMILES string of the molecule is CC1=CC(C(N)CC(C)C)CC(C)=C1n1cc(C(F)(F)F)cn1. The van der Waals surface area contributed by atoms with Gasteiger partial charge in [0.2, 0.25) is 0 Å². The van der Waals surface area contributed by atoms with E-state index < -0.39 is 11.7 Å². The summed E-state index contributed by atoms with van der Waals surface area (Å²) in [6.07, 6.45) is 1.29. The third-order valence-electron chi connectivity index (χ3n) is 4.22. The summed E-state index contributed by atoms with van der Waals surface area (Å²) in [6.45, 7) is 8.11. The summed E-state index contributed by atoms with van der Waals surface area (Å²) < 4.78 is 39.6. The maximum atomic E-state index is 12.8. The summed E-state index contributed by atoms with van der Waals surface area (Å²) in [5.74, 6) is 0.739. The van der Waals surface area contributed by atoms with Gasteiger partial charge in [-0.15, -0.1) is 0 Å². The molecule has 0 fully saturated rings. The van der Waals surface area contributed by atoms with Crippen molar-refractivity contribution in [3.8, 4) is 0 Å². The highest BCUT2D eigenvalue weighted by Crippen LogP contribution is 2.35. The first-order chi connectivity index (χ1) is 10.6. The van der Waals surface area contributed by atoms with Crippen LogP contribution in [0.15, 0.2) is 29.6 Å². The molecule has 1 aliphatic rings. The van der Waals surface area contributed by atoms with E-state index in [0.29, 0.717) is 5.92 Å². The van der Waals surface area contributed by atoms with Crippen molar-refractivity contribution < 1.29 is 13.2 Å². The molecule has 0 bridgehead atoms. The fraction of sp³-hybridized carbons (Fsp3) is 0.588. The Labute approximate surface area is 135 Å². The van der Waals surface area contributed by atoms with Crippen LogP contribution in [0.3, 0.4) is 0 Å². The van der Waals surface area contributed by atoms with Gasteiger partial charge in [-0.05, 0) is 49.7 Å². The van der Waals surface area contributed by atoms with E-state index in [4.69, 9.17) is 5.73 Å². The third-order valence-corrected chi connectivity index (χ3v) is 4.22. The Bertz CT molecular complexity index is 623. The summed E-state index contributed by atoms with van der Waals surface area (Å²) in [7, 11) is 0. The first-order valence-corrected chi connectivity index (χ1v) is 7.86. The lowest BCUT2D eigenvalue weighted by molar-refractivity contribution is -0.137. The normalized spacial score (nSPS) is 20.9. The molecule has 2 atom stereocenters. The number of halogens is 3. The van der Waals surface area contributed by atoms with Gasteiger partial charge in [0.05, 0.1) is 17.5 Å². The number of nitrogens with zero attached hydrogens (tertiary/aromatic N) is 2. The number of hydrogen-bond acceptors (Lipinski definition) is 2. The van der Waals surface area contributed by atoms with E-state index in [0.717, 1.165) is 42.1 Å². The van der Waals surface area contributed by atoms with Crippen LogP contribution in [0.1, 0.15) is 46.1 Å². The maximum absolute atomic E-state index is 12.8. The van der Waals surface area contributed by atoms with Crippen molar-refractivity contribution in [3.63, 3.8) is 0 Å². The Morgan fingerprint density at radius 1 is 1.35 bits per heavy atom. The van der Waals surface area contributed by atoms with Gasteiger partial charge >= 0.3 is 6.18 Å². The van der Waals surface area contributed by atoms with Gasteiger partial charge in [0.1, 0.15) is 0 Å². The molecular weight excluding hydrogens is 303 g/mol. The molecule has 2 rings (SSSR count). The van der Waals surface area contributed by atoms with Crippen molar-refractivity contribution in [1.82, 2.24) is 9.78 Å². The van der Waals surface area contributed by atoms with Crippen LogP contribution in [0, 0.1) is 11.8 Å². The van der Waals surface area contributed by atoms with Gasteiger partial charge in [0.25, 0.3) is 0 Å². The van der Waals surface area contributed by atoms with E-state index in [1.165, 1.54) is 4.68 Å². The van der Waals surface area contributed by atoms with Crippen LogP contribution in [-0.2, 0) is 6.18 Å². The zero-order valence-corrected chi connectivity index (χ0v) is 14.0. The van der Waals surface area contributed by atoms with E-state index in [-0.39, 0.29) is 12.0 Å². The molecule has 0 aromatic carbocycles. The molecule has 0 radical (unpaired) electrons. The lowest BCUT2D eigenvalue weighted by Gasteiger charge is -2.29. The molecule has 1 aliphatic carbocycles. The predicted molar refractivity (Wildman–Crippen MR) is 85.4 cm³/mol. The number of aromatic nitrogens is 2. The topological polar surface area (TPSA) is 43.8 Å². The number of alkyl halides is 3. The summed E-state index contributed by atoms with van der Waals surface area (Å²) >= 11 is 0. The zero-order chi connectivity index (χ0) is 17.4. The van der Waals surface area contributed by atoms with Crippen LogP contribution in [0.4, 0.5) is 13.2 Å². The van der Waals surface area contributed by atoms with Gasteiger partial charge in [0.15, 0.2) is 0 Å². The highest BCUT2D eigenvalue weighted by atomic mass is 19.4. The molecule has 2 unspecified atom stereocenters. The average Bonchev–Trinajstić information content (AvgIpc) is 2.86. The minimum Gasteiger partial charge on any atom is -0.327 e. The Morgan fingerprint density at radius 3 is 2.48 bits per heavy atom. The largest absolute Gasteiger partial charge is 0.419 e. The van der Waals surface area contributed by atoms with Gasteiger partial charge < -0.3 is 5.73 Å². The number of rotatable bonds is 4. The standard InChI is InChI=1S/C17H24F3N3/c1-10(2)5-15(21)13-6-11(3)16(12(4)7-13)23-9-14(8-22-23)17(18,19)20/h6,8-10,13,15H,5,7,21H2,1-4H3. The van der Waals surface area contributed by atoms with Crippen LogP contribution in [0.5, 0.6) is 0 Å². The second kappa shape index (κ2) is 6.51. The van der Waals surface area contributed by atoms with Crippen molar-refractivity contribution in [3.05, 3.63) is 35.2 Å². The predicted octanol–water partition coefficient (Wildman–Crippen LogP) is 4.47.